The van der Waals surface area contributed by atoms with Crippen LogP contribution < -0.4 is 5.32 Å². The largest absolute Gasteiger partial charge is 0.379 e. The fraction of sp³-hybridized carbons (Fsp3) is 0.474. The molecule has 2 heterocycles. The minimum Gasteiger partial charge on any atom is -0.379 e. The Balaban J connectivity index is 1.97. The van der Waals surface area contributed by atoms with E-state index in [1.165, 1.54) is 16.4 Å². The van der Waals surface area contributed by atoms with Gasteiger partial charge in [0, 0.05) is 24.0 Å². The molecular weight excluding hydrogens is 414 g/mol. The topological polar surface area (TPSA) is 102 Å². The highest BCUT2D eigenvalue weighted by molar-refractivity contribution is 7.89. The summed E-state index contributed by atoms with van der Waals surface area (Å²) in [7, 11) is -3.81. The van der Waals surface area contributed by atoms with Crippen LogP contribution in [0.3, 0.4) is 0 Å². The zero-order valence-electron chi connectivity index (χ0n) is 16.6. The Hall–Kier alpha value is -2.01. The van der Waals surface area contributed by atoms with E-state index in [9.17, 15) is 18.5 Å². The van der Waals surface area contributed by atoms with Crippen molar-refractivity contribution >= 4 is 32.7 Å². The number of nitrogens with one attached hydrogen (secondary N) is 1. The molecule has 29 heavy (non-hydrogen) atoms. The molecule has 1 aromatic heterocycles. The van der Waals surface area contributed by atoms with E-state index in [4.69, 9.17) is 4.74 Å². The highest BCUT2D eigenvalue weighted by Gasteiger charge is 2.32. The number of sulfonamides is 1. The lowest BCUT2D eigenvalue weighted by atomic mass is 9.85. The number of ether oxygens (including phenoxy) is 1. The lowest BCUT2D eigenvalue weighted by Gasteiger charge is -2.31. The summed E-state index contributed by atoms with van der Waals surface area (Å²) in [6.07, 6.45) is 0. The first-order chi connectivity index (χ1) is 13.6. The smallest absolute Gasteiger partial charge is 0.293 e. The average molecular weight is 440 g/mol. The number of nitrogens with zero attached hydrogens (tertiary/aromatic N) is 2. The third-order valence-corrected chi connectivity index (χ3v) is 7.60. The maximum Gasteiger partial charge on any atom is 0.293 e. The minimum absolute atomic E-state index is 0.0833. The van der Waals surface area contributed by atoms with E-state index in [0.29, 0.717) is 18.9 Å². The number of hydrogen-bond acceptors (Lipinski definition) is 7. The van der Waals surface area contributed by atoms with E-state index in [2.05, 4.69) is 5.32 Å². The minimum atomic E-state index is -3.81. The Bertz CT molecular complexity index is 962. The van der Waals surface area contributed by atoms with E-state index in [1.54, 1.807) is 11.3 Å². The van der Waals surface area contributed by atoms with E-state index in [1.807, 2.05) is 38.3 Å². The first kappa shape index (κ1) is 21.7. The van der Waals surface area contributed by atoms with Gasteiger partial charge < -0.3 is 10.1 Å². The van der Waals surface area contributed by atoms with Crippen molar-refractivity contribution in [1.82, 2.24) is 4.31 Å². The number of anilines is 1. The van der Waals surface area contributed by atoms with Crippen LogP contribution in [0.25, 0.3) is 0 Å². The van der Waals surface area contributed by atoms with E-state index in [0.717, 1.165) is 10.9 Å². The predicted octanol–water partition coefficient (Wildman–Crippen LogP) is 3.88. The standard InChI is InChI=1S/C19H25N3O5S2/c1-19(2,3)18(17-5-4-12-28-17)20-15-7-6-14(13-16(15)22(23)24)29(25,26)21-8-10-27-11-9-21/h4-7,12-13,18,20H,8-11H2,1-3H3. The van der Waals surface area contributed by atoms with Gasteiger partial charge in [0.15, 0.2) is 0 Å². The van der Waals surface area contributed by atoms with Gasteiger partial charge in [-0.25, -0.2) is 8.42 Å². The fourth-order valence-electron chi connectivity index (χ4n) is 3.21. The number of hydrogen-bond donors (Lipinski definition) is 1. The Morgan fingerprint density at radius 2 is 1.93 bits per heavy atom. The molecule has 1 fully saturated rings. The monoisotopic (exact) mass is 439 g/mol. The van der Waals surface area contributed by atoms with Crippen LogP contribution in [-0.4, -0.2) is 43.9 Å². The highest BCUT2D eigenvalue weighted by atomic mass is 32.2. The van der Waals surface area contributed by atoms with Crippen LogP contribution in [0.5, 0.6) is 0 Å². The molecule has 1 N–H and O–H groups in total. The molecule has 2 aromatic rings. The number of morpholine rings is 1. The van der Waals surface area contributed by atoms with Gasteiger partial charge in [0.05, 0.1) is 29.1 Å². The third kappa shape index (κ3) is 4.77. The number of rotatable bonds is 6. The molecule has 0 saturated carbocycles. The number of nitro benzene ring substituents is 1. The van der Waals surface area contributed by atoms with E-state index < -0.39 is 14.9 Å². The second-order valence-electron chi connectivity index (χ2n) is 7.91. The van der Waals surface area contributed by atoms with E-state index >= 15 is 0 Å². The average Bonchev–Trinajstić information content (AvgIpc) is 3.19. The molecule has 10 heteroatoms. The van der Waals surface area contributed by atoms with Gasteiger partial charge in [0.2, 0.25) is 10.0 Å². The molecular formula is C19H25N3O5S2. The molecule has 1 unspecified atom stereocenters. The summed E-state index contributed by atoms with van der Waals surface area (Å²) in [4.78, 5) is 12.2. The van der Waals surface area contributed by atoms with Crippen LogP contribution >= 0.6 is 11.3 Å². The van der Waals surface area contributed by atoms with Gasteiger partial charge in [-0.1, -0.05) is 26.8 Å². The van der Waals surface area contributed by atoms with Crippen LogP contribution in [0.2, 0.25) is 0 Å². The lowest BCUT2D eigenvalue weighted by Crippen LogP contribution is -2.40. The van der Waals surface area contributed by atoms with Crippen molar-refractivity contribution in [3.63, 3.8) is 0 Å². The second kappa shape index (κ2) is 8.39. The first-order valence-electron chi connectivity index (χ1n) is 9.27. The zero-order chi connectivity index (χ0) is 21.2. The molecule has 0 aliphatic carbocycles. The molecule has 1 atom stereocenters. The van der Waals surface area contributed by atoms with Gasteiger partial charge in [-0.05, 0) is 29.0 Å². The van der Waals surface area contributed by atoms with Gasteiger partial charge in [0.1, 0.15) is 5.69 Å². The Kier molecular flexibility index (Phi) is 6.27. The molecule has 0 radical (unpaired) electrons. The van der Waals surface area contributed by atoms with Crippen molar-refractivity contribution < 1.29 is 18.1 Å². The van der Waals surface area contributed by atoms with Gasteiger partial charge in [-0.2, -0.15) is 4.31 Å². The summed E-state index contributed by atoms with van der Waals surface area (Å²) in [5.41, 5.74) is -0.175. The summed E-state index contributed by atoms with van der Waals surface area (Å²) >= 11 is 1.57. The molecule has 0 spiro atoms. The summed E-state index contributed by atoms with van der Waals surface area (Å²) < 4.78 is 32.2. The fourth-order valence-corrected chi connectivity index (χ4v) is 5.65. The quantitative estimate of drug-likeness (QED) is 0.541. The Morgan fingerprint density at radius 3 is 2.48 bits per heavy atom. The molecule has 0 bridgehead atoms. The zero-order valence-corrected chi connectivity index (χ0v) is 18.3. The second-order valence-corrected chi connectivity index (χ2v) is 10.8. The van der Waals surface area contributed by atoms with Crippen molar-refractivity contribution in [2.45, 2.75) is 31.7 Å². The summed E-state index contributed by atoms with van der Waals surface area (Å²) in [5, 5.41) is 17.0. The maximum atomic E-state index is 12.9. The van der Waals surface area contributed by atoms with Crippen LogP contribution in [-0.2, 0) is 14.8 Å². The molecule has 3 rings (SSSR count). The van der Waals surface area contributed by atoms with Gasteiger partial charge in [-0.3, -0.25) is 10.1 Å². The van der Waals surface area contributed by atoms with Crippen molar-refractivity contribution in [3.8, 4) is 0 Å². The Morgan fingerprint density at radius 1 is 1.24 bits per heavy atom. The van der Waals surface area contributed by atoms with Crippen molar-refractivity contribution in [1.29, 1.82) is 0 Å². The molecule has 8 nitrogen and oxygen atoms in total. The number of benzene rings is 1. The van der Waals surface area contributed by atoms with Crippen molar-refractivity contribution in [2.24, 2.45) is 5.41 Å². The lowest BCUT2D eigenvalue weighted by molar-refractivity contribution is -0.384. The van der Waals surface area contributed by atoms with Crippen LogP contribution in [0.15, 0.2) is 40.6 Å². The normalized spacial score (nSPS) is 17.1. The number of nitro groups is 1. The SMILES string of the molecule is CC(C)(C)C(Nc1ccc(S(=O)(=O)N2CCOCC2)cc1[N+](=O)[O-])c1cccs1. The maximum absolute atomic E-state index is 12.9. The number of thiophene rings is 1. The predicted molar refractivity (Wildman–Crippen MR) is 113 cm³/mol. The Labute approximate surface area is 174 Å². The molecule has 1 aliphatic heterocycles. The third-order valence-electron chi connectivity index (χ3n) is 4.77. The summed E-state index contributed by atoms with van der Waals surface area (Å²) in [6.45, 7) is 7.25. The first-order valence-corrected chi connectivity index (χ1v) is 11.6. The highest BCUT2D eigenvalue weighted by Crippen LogP contribution is 2.40. The van der Waals surface area contributed by atoms with Gasteiger partial charge >= 0.3 is 0 Å². The summed E-state index contributed by atoms with van der Waals surface area (Å²) in [5.74, 6) is 0. The van der Waals surface area contributed by atoms with Crippen molar-refractivity contribution in [3.05, 3.63) is 50.7 Å². The molecule has 1 saturated heterocycles. The molecule has 1 aliphatic rings. The molecule has 158 valence electrons. The van der Waals surface area contributed by atoms with Crippen LogP contribution in [0.1, 0.15) is 31.7 Å². The van der Waals surface area contributed by atoms with Gasteiger partial charge in [-0.15, -0.1) is 11.3 Å². The van der Waals surface area contributed by atoms with E-state index in [-0.39, 0.29) is 35.1 Å². The van der Waals surface area contributed by atoms with Crippen molar-refractivity contribution in [2.75, 3.05) is 31.6 Å². The molecule has 0 amide bonds. The van der Waals surface area contributed by atoms with Crippen LogP contribution in [0, 0.1) is 15.5 Å². The van der Waals surface area contributed by atoms with Crippen LogP contribution in [0.4, 0.5) is 11.4 Å². The summed E-state index contributed by atoms with van der Waals surface area (Å²) in [6, 6.07) is 7.81. The van der Waals surface area contributed by atoms with Gasteiger partial charge in [0.25, 0.3) is 5.69 Å². The molecule has 1 aromatic carbocycles.